The number of rotatable bonds is 9. The van der Waals surface area contributed by atoms with Gasteiger partial charge in [0.05, 0.1) is 17.2 Å². The Morgan fingerprint density at radius 1 is 1.06 bits per heavy atom. The molecular weight excluding hydrogens is 424 g/mol. The zero-order valence-electron chi connectivity index (χ0n) is 18.0. The molecule has 0 radical (unpaired) electrons. The van der Waals surface area contributed by atoms with Crippen LogP contribution in [0.2, 0.25) is 0 Å². The lowest BCUT2D eigenvalue weighted by molar-refractivity contribution is 0.102. The van der Waals surface area contributed by atoms with E-state index in [1.54, 1.807) is 11.3 Å². The number of aryl methyl sites for hydroxylation is 1. The van der Waals surface area contributed by atoms with Crippen molar-refractivity contribution in [3.05, 3.63) is 76.4 Å². The summed E-state index contributed by atoms with van der Waals surface area (Å²) in [5.41, 5.74) is 4.18. The van der Waals surface area contributed by atoms with Gasteiger partial charge in [-0.2, -0.15) is 0 Å². The van der Waals surface area contributed by atoms with Gasteiger partial charge in [-0.15, -0.1) is 21.5 Å². The number of ketones is 1. The number of benzene rings is 1. The number of aromatic nitrogens is 4. The molecule has 0 aliphatic carbocycles. The first-order valence-corrected chi connectivity index (χ1v) is 12.3. The maximum Gasteiger partial charge on any atom is 0.192 e. The molecule has 4 aromatic rings. The van der Waals surface area contributed by atoms with E-state index in [2.05, 4.69) is 51.4 Å². The Labute approximate surface area is 191 Å². The minimum Gasteiger partial charge on any atom is -0.348 e. The van der Waals surface area contributed by atoms with Gasteiger partial charge < -0.3 is 4.57 Å². The zero-order valence-corrected chi connectivity index (χ0v) is 19.7. The summed E-state index contributed by atoms with van der Waals surface area (Å²) >= 11 is 3.10. The van der Waals surface area contributed by atoms with Crippen LogP contribution in [0.15, 0.2) is 59.1 Å². The molecule has 7 heteroatoms. The van der Waals surface area contributed by atoms with E-state index < -0.39 is 0 Å². The van der Waals surface area contributed by atoms with Crippen LogP contribution in [0.3, 0.4) is 0 Å². The number of carbonyl (C=O) groups is 1. The monoisotopic (exact) mass is 450 g/mol. The van der Waals surface area contributed by atoms with E-state index in [9.17, 15) is 4.79 Å². The van der Waals surface area contributed by atoms with Crippen LogP contribution in [0.25, 0.3) is 10.7 Å². The van der Waals surface area contributed by atoms with E-state index in [0.717, 1.165) is 45.8 Å². The summed E-state index contributed by atoms with van der Waals surface area (Å²) in [4.78, 5) is 14.1. The highest BCUT2D eigenvalue weighted by Gasteiger charge is 2.19. The van der Waals surface area contributed by atoms with Crippen molar-refractivity contribution in [3.63, 3.8) is 0 Å². The molecule has 4 rings (SSSR count). The molecule has 0 aliphatic heterocycles. The summed E-state index contributed by atoms with van der Waals surface area (Å²) in [5.74, 6) is 1.32. The van der Waals surface area contributed by atoms with E-state index in [4.69, 9.17) is 0 Å². The standard InChI is InChI=1S/C24H26N4OS2/c1-4-12-27-17(2)14-20(18(27)3)21(29)16-31-24-26-25-23(22-11-8-13-30-22)28(24)15-19-9-6-5-7-10-19/h5-11,13-14H,4,12,15-16H2,1-3H3. The van der Waals surface area contributed by atoms with Gasteiger partial charge in [0.25, 0.3) is 0 Å². The van der Waals surface area contributed by atoms with Crippen molar-refractivity contribution >= 4 is 28.9 Å². The Bertz CT molecular complexity index is 1160. The molecule has 0 saturated carbocycles. The number of thiophene rings is 1. The molecule has 0 aliphatic rings. The number of hydrogen-bond acceptors (Lipinski definition) is 5. The molecule has 0 unspecified atom stereocenters. The topological polar surface area (TPSA) is 52.7 Å². The molecule has 1 aromatic carbocycles. The van der Waals surface area contributed by atoms with Crippen molar-refractivity contribution in [3.8, 4) is 10.7 Å². The second-order valence-electron chi connectivity index (χ2n) is 7.50. The van der Waals surface area contributed by atoms with Crippen molar-refractivity contribution < 1.29 is 4.79 Å². The number of hydrogen-bond donors (Lipinski definition) is 0. The largest absolute Gasteiger partial charge is 0.348 e. The highest BCUT2D eigenvalue weighted by atomic mass is 32.2. The summed E-state index contributed by atoms with van der Waals surface area (Å²) in [5, 5.41) is 11.7. The number of nitrogens with zero attached hydrogens (tertiary/aromatic N) is 4. The van der Waals surface area contributed by atoms with Gasteiger partial charge >= 0.3 is 0 Å². The number of thioether (sulfide) groups is 1. The van der Waals surface area contributed by atoms with Gasteiger partial charge in [0.2, 0.25) is 0 Å². The highest BCUT2D eigenvalue weighted by molar-refractivity contribution is 7.99. The van der Waals surface area contributed by atoms with E-state index in [1.807, 2.05) is 42.6 Å². The van der Waals surface area contributed by atoms with Crippen LogP contribution < -0.4 is 0 Å². The SMILES string of the molecule is CCCn1c(C)cc(C(=O)CSc2nnc(-c3cccs3)n2Cc2ccccc2)c1C. The Morgan fingerprint density at radius 3 is 2.58 bits per heavy atom. The quantitative estimate of drug-likeness (QED) is 0.237. The van der Waals surface area contributed by atoms with Crippen LogP contribution in [0.5, 0.6) is 0 Å². The Hall–Kier alpha value is -2.64. The van der Waals surface area contributed by atoms with E-state index in [-0.39, 0.29) is 5.78 Å². The summed E-state index contributed by atoms with van der Waals surface area (Å²) in [6.45, 7) is 7.86. The van der Waals surface area contributed by atoms with Crippen molar-refractivity contribution in [1.82, 2.24) is 19.3 Å². The Kier molecular flexibility index (Phi) is 6.73. The molecule has 0 atom stereocenters. The maximum atomic E-state index is 13.0. The highest BCUT2D eigenvalue weighted by Crippen LogP contribution is 2.29. The normalized spacial score (nSPS) is 11.2. The van der Waals surface area contributed by atoms with Crippen LogP contribution >= 0.6 is 23.1 Å². The zero-order chi connectivity index (χ0) is 21.8. The number of Topliss-reactive ketones (excluding diaryl/α,β-unsaturated/α-hetero) is 1. The molecule has 3 heterocycles. The lowest BCUT2D eigenvalue weighted by atomic mass is 10.2. The Morgan fingerprint density at radius 2 is 1.87 bits per heavy atom. The summed E-state index contributed by atoms with van der Waals surface area (Å²) in [7, 11) is 0. The molecule has 0 bridgehead atoms. The van der Waals surface area contributed by atoms with Gasteiger partial charge in [-0.3, -0.25) is 9.36 Å². The molecule has 0 amide bonds. The summed E-state index contributed by atoms with van der Waals surface area (Å²) < 4.78 is 4.34. The van der Waals surface area contributed by atoms with E-state index in [1.165, 1.54) is 17.3 Å². The van der Waals surface area contributed by atoms with Gasteiger partial charge in [0.15, 0.2) is 16.8 Å². The van der Waals surface area contributed by atoms with Crippen LogP contribution in [-0.4, -0.2) is 30.9 Å². The third kappa shape index (κ3) is 4.67. The lowest BCUT2D eigenvalue weighted by Crippen LogP contribution is -2.08. The van der Waals surface area contributed by atoms with Crippen molar-refractivity contribution in [2.75, 3.05) is 5.75 Å². The van der Waals surface area contributed by atoms with Crippen LogP contribution in [-0.2, 0) is 13.1 Å². The van der Waals surface area contributed by atoms with Gasteiger partial charge in [0.1, 0.15) is 0 Å². The molecule has 0 spiro atoms. The number of carbonyl (C=O) groups excluding carboxylic acids is 1. The fourth-order valence-electron chi connectivity index (χ4n) is 3.75. The molecule has 31 heavy (non-hydrogen) atoms. The van der Waals surface area contributed by atoms with Crippen LogP contribution in [0.1, 0.15) is 40.7 Å². The fraction of sp³-hybridized carbons (Fsp3) is 0.292. The summed E-state index contributed by atoms with van der Waals surface area (Å²) in [6, 6.07) is 16.4. The molecule has 0 fully saturated rings. The first-order chi connectivity index (χ1) is 15.1. The summed E-state index contributed by atoms with van der Waals surface area (Å²) in [6.07, 6.45) is 1.05. The first kappa shape index (κ1) is 21.6. The van der Waals surface area contributed by atoms with Crippen molar-refractivity contribution in [2.45, 2.75) is 45.4 Å². The second kappa shape index (κ2) is 9.66. The fourth-order valence-corrected chi connectivity index (χ4v) is 5.29. The van der Waals surface area contributed by atoms with Crippen LogP contribution in [0, 0.1) is 13.8 Å². The van der Waals surface area contributed by atoms with E-state index in [0.29, 0.717) is 12.3 Å². The first-order valence-electron chi connectivity index (χ1n) is 10.4. The third-order valence-electron chi connectivity index (χ3n) is 5.30. The van der Waals surface area contributed by atoms with Gasteiger partial charge in [0, 0.05) is 23.5 Å². The van der Waals surface area contributed by atoms with Gasteiger partial charge in [-0.05, 0) is 43.3 Å². The Balaban J connectivity index is 1.57. The lowest BCUT2D eigenvalue weighted by Gasteiger charge is -2.10. The maximum absolute atomic E-state index is 13.0. The average molecular weight is 451 g/mol. The van der Waals surface area contributed by atoms with Crippen molar-refractivity contribution in [1.29, 1.82) is 0 Å². The van der Waals surface area contributed by atoms with Crippen molar-refractivity contribution in [2.24, 2.45) is 0 Å². The molecule has 160 valence electrons. The predicted molar refractivity (Wildman–Crippen MR) is 128 cm³/mol. The molecule has 0 saturated heterocycles. The average Bonchev–Trinajstić information content (AvgIpc) is 3.49. The van der Waals surface area contributed by atoms with Crippen LogP contribution in [0.4, 0.5) is 0 Å². The predicted octanol–water partition coefficient (Wildman–Crippen LogP) is 5.86. The smallest absolute Gasteiger partial charge is 0.192 e. The molecule has 0 N–H and O–H groups in total. The molecule has 3 aromatic heterocycles. The minimum atomic E-state index is 0.132. The minimum absolute atomic E-state index is 0.132. The molecular formula is C24H26N4OS2. The molecule has 5 nitrogen and oxygen atoms in total. The van der Waals surface area contributed by atoms with E-state index >= 15 is 0 Å². The van der Waals surface area contributed by atoms with Gasteiger partial charge in [-0.1, -0.05) is 55.1 Å². The van der Waals surface area contributed by atoms with Gasteiger partial charge in [-0.25, -0.2) is 0 Å². The third-order valence-corrected chi connectivity index (χ3v) is 7.13. The second-order valence-corrected chi connectivity index (χ2v) is 9.39.